The zero-order chi connectivity index (χ0) is 16.3. The fourth-order valence-corrected chi connectivity index (χ4v) is 2.14. The summed E-state index contributed by atoms with van der Waals surface area (Å²) in [6.07, 6.45) is 0. The Kier molecular flexibility index (Phi) is 4.37. The molecule has 1 heterocycles. The minimum atomic E-state index is -0.491. The highest BCUT2D eigenvalue weighted by atomic mass is 19.1. The number of carbonyl (C=O) groups excluding carboxylic acids is 1. The van der Waals surface area contributed by atoms with Gasteiger partial charge in [0.2, 0.25) is 5.91 Å². The Balaban J connectivity index is 2.24. The van der Waals surface area contributed by atoms with Crippen LogP contribution >= 0.6 is 0 Å². The predicted octanol–water partition coefficient (Wildman–Crippen LogP) is 2.11. The van der Waals surface area contributed by atoms with Gasteiger partial charge < -0.3 is 9.88 Å². The van der Waals surface area contributed by atoms with Crippen LogP contribution in [-0.4, -0.2) is 10.5 Å². The van der Waals surface area contributed by atoms with E-state index in [9.17, 15) is 14.0 Å². The zero-order valence-electron chi connectivity index (χ0n) is 12.2. The predicted molar refractivity (Wildman–Crippen MR) is 79.9 cm³/mol. The quantitative estimate of drug-likeness (QED) is 0.943. The van der Waals surface area contributed by atoms with Crippen LogP contribution in [0.1, 0.15) is 16.8 Å². The maximum atomic E-state index is 12.8. The molecule has 0 aliphatic rings. The largest absolute Gasteiger partial charge is 0.325 e. The third-order valence-electron chi connectivity index (χ3n) is 3.25. The molecular weight excluding hydrogens is 285 g/mol. The number of pyridine rings is 1. The smallest absolute Gasteiger partial charge is 0.269 e. The average Bonchev–Trinajstić information content (AvgIpc) is 2.46. The normalized spacial score (nSPS) is 10.1. The van der Waals surface area contributed by atoms with Gasteiger partial charge in [-0.1, -0.05) is 0 Å². The Morgan fingerprint density at radius 3 is 2.55 bits per heavy atom. The number of aromatic nitrogens is 1. The molecule has 0 radical (unpaired) electrons. The molecule has 6 heteroatoms. The highest BCUT2D eigenvalue weighted by molar-refractivity contribution is 5.90. The van der Waals surface area contributed by atoms with Crippen LogP contribution in [0.25, 0.3) is 0 Å². The van der Waals surface area contributed by atoms with E-state index >= 15 is 0 Å². The first kappa shape index (κ1) is 15.4. The first-order valence-electron chi connectivity index (χ1n) is 6.59. The number of hydrogen-bond acceptors (Lipinski definition) is 3. The summed E-state index contributed by atoms with van der Waals surface area (Å²) in [6.45, 7) is 3.16. The van der Waals surface area contributed by atoms with Crippen LogP contribution in [0.5, 0.6) is 0 Å². The van der Waals surface area contributed by atoms with Crippen molar-refractivity contribution in [3.63, 3.8) is 0 Å². The molecule has 1 N–H and O–H groups in total. The SMILES string of the molecule is Cc1cc(C)n(CC(=O)Nc2ccc(F)cc2)c(=O)c1C#N. The molecule has 1 aromatic carbocycles. The molecule has 0 spiro atoms. The monoisotopic (exact) mass is 299 g/mol. The number of nitrogens with zero attached hydrogens (tertiary/aromatic N) is 2. The van der Waals surface area contributed by atoms with Crippen LogP contribution in [0.2, 0.25) is 0 Å². The van der Waals surface area contributed by atoms with Crippen molar-refractivity contribution in [2.75, 3.05) is 5.32 Å². The van der Waals surface area contributed by atoms with Crippen LogP contribution in [0.3, 0.4) is 0 Å². The highest BCUT2D eigenvalue weighted by Crippen LogP contribution is 2.09. The maximum Gasteiger partial charge on any atom is 0.269 e. The van der Waals surface area contributed by atoms with Crippen LogP contribution in [-0.2, 0) is 11.3 Å². The van der Waals surface area contributed by atoms with Gasteiger partial charge in [0.15, 0.2) is 0 Å². The Morgan fingerprint density at radius 2 is 1.95 bits per heavy atom. The van der Waals surface area contributed by atoms with Crippen molar-refractivity contribution in [3.8, 4) is 6.07 Å². The second kappa shape index (κ2) is 6.22. The van der Waals surface area contributed by atoms with Crippen LogP contribution in [0.15, 0.2) is 35.1 Å². The summed E-state index contributed by atoms with van der Waals surface area (Å²) < 4.78 is 14.0. The highest BCUT2D eigenvalue weighted by Gasteiger charge is 2.13. The van der Waals surface area contributed by atoms with Gasteiger partial charge in [0.1, 0.15) is 24.0 Å². The van der Waals surface area contributed by atoms with E-state index in [0.29, 0.717) is 16.9 Å². The Morgan fingerprint density at radius 1 is 1.32 bits per heavy atom. The number of hydrogen-bond donors (Lipinski definition) is 1. The minimum absolute atomic E-state index is 0.0279. The average molecular weight is 299 g/mol. The van der Waals surface area contributed by atoms with E-state index in [1.807, 2.05) is 6.07 Å². The van der Waals surface area contributed by atoms with Crippen molar-refractivity contribution in [3.05, 3.63) is 63.3 Å². The third kappa shape index (κ3) is 3.20. The minimum Gasteiger partial charge on any atom is -0.325 e. The molecule has 0 fully saturated rings. The van der Waals surface area contributed by atoms with E-state index in [0.717, 1.165) is 0 Å². The maximum absolute atomic E-state index is 12.8. The molecule has 0 saturated heterocycles. The van der Waals surface area contributed by atoms with Gasteiger partial charge in [-0.25, -0.2) is 4.39 Å². The van der Waals surface area contributed by atoms with Crippen LogP contribution < -0.4 is 10.9 Å². The lowest BCUT2D eigenvalue weighted by atomic mass is 10.1. The lowest BCUT2D eigenvalue weighted by Crippen LogP contribution is -2.31. The molecule has 0 unspecified atom stereocenters. The van der Waals surface area contributed by atoms with Gasteiger partial charge in [-0.3, -0.25) is 9.59 Å². The van der Waals surface area contributed by atoms with E-state index in [1.165, 1.54) is 28.8 Å². The number of anilines is 1. The molecule has 0 atom stereocenters. The van der Waals surface area contributed by atoms with Gasteiger partial charge in [0, 0.05) is 11.4 Å². The lowest BCUT2D eigenvalue weighted by Gasteiger charge is -2.12. The number of rotatable bonds is 3. The van der Waals surface area contributed by atoms with E-state index < -0.39 is 17.3 Å². The molecule has 0 bridgehead atoms. The van der Waals surface area contributed by atoms with Crippen molar-refractivity contribution >= 4 is 11.6 Å². The summed E-state index contributed by atoms with van der Waals surface area (Å²) >= 11 is 0. The number of amides is 1. The van der Waals surface area contributed by atoms with Crippen LogP contribution in [0.4, 0.5) is 10.1 Å². The second-order valence-electron chi connectivity index (χ2n) is 4.90. The van der Waals surface area contributed by atoms with Gasteiger partial charge >= 0.3 is 0 Å². The number of nitriles is 1. The number of carbonyl (C=O) groups is 1. The topological polar surface area (TPSA) is 74.9 Å². The van der Waals surface area contributed by atoms with Gasteiger partial charge in [0.05, 0.1) is 0 Å². The molecule has 0 aliphatic heterocycles. The summed E-state index contributed by atoms with van der Waals surface area (Å²) in [5.41, 5.74) is 1.15. The van der Waals surface area contributed by atoms with E-state index in [1.54, 1.807) is 19.9 Å². The first-order chi connectivity index (χ1) is 10.4. The first-order valence-corrected chi connectivity index (χ1v) is 6.59. The van der Waals surface area contributed by atoms with Gasteiger partial charge in [-0.2, -0.15) is 5.26 Å². The molecule has 2 aromatic rings. The lowest BCUT2D eigenvalue weighted by molar-refractivity contribution is -0.116. The van der Waals surface area contributed by atoms with Gasteiger partial charge in [0.25, 0.3) is 5.56 Å². The molecule has 1 amide bonds. The van der Waals surface area contributed by atoms with Crippen molar-refractivity contribution in [2.24, 2.45) is 0 Å². The Bertz CT molecular complexity index is 817. The fourth-order valence-electron chi connectivity index (χ4n) is 2.14. The molecule has 22 heavy (non-hydrogen) atoms. The zero-order valence-corrected chi connectivity index (χ0v) is 12.2. The summed E-state index contributed by atoms with van der Waals surface area (Å²) in [6, 6.07) is 8.86. The fraction of sp³-hybridized carbons (Fsp3) is 0.188. The molecule has 5 nitrogen and oxygen atoms in total. The second-order valence-corrected chi connectivity index (χ2v) is 4.90. The summed E-state index contributed by atoms with van der Waals surface area (Å²) in [5, 5.41) is 11.6. The molecule has 2 rings (SSSR count). The Hall–Kier alpha value is -2.94. The molecule has 0 aliphatic carbocycles. The van der Waals surface area contributed by atoms with Crippen molar-refractivity contribution in [2.45, 2.75) is 20.4 Å². The molecule has 112 valence electrons. The molecule has 0 saturated carbocycles. The van der Waals surface area contributed by atoms with Gasteiger partial charge in [-0.05, 0) is 49.7 Å². The molecular formula is C16H14FN3O2. The van der Waals surface area contributed by atoms with E-state index in [2.05, 4.69) is 5.32 Å². The summed E-state index contributed by atoms with van der Waals surface area (Å²) in [4.78, 5) is 24.2. The Labute approximate surface area is 126 Å². The third-order valence-corrected chi connectivity index (χ3v) is 3.25. The number of benzene rings is 1. The number of halogens is 1. The summed E-state index contributed by atoms with van der Waals surface area (Å²) in [7, 11) is 0. The number of aryl methyl sites for hydroxylation is 2. The van der Waals surface area contributed by atoms with Crippen molar-refractivity contribution in [1.29, 1.82) is 5.26 Å². The van der Waals surface area contributed by atoms with Gasteiger partial charge in [-0.15, -0.1) is 0 Å². The van der Waals surface area contributed by atoms with Crippen LogP contribution in [0, 0.1) is 31.0 Å². The number of nitrogens with one attached hydrogen (secondary N) is 1. The molecule has 1 aromatic heterocycles. The standard InChI is InChI=1S/C16H14FN3O2/c1-10-7-11(2)20(16(22)14(10)8-18)9-15(21)19-13-5-3-12(17)4-6-13/h3-7H,9H2,1-2H3,(H,19,21). The summed E-state index contributed by atoms with van der Waals surface area (Å²) in [5.74, 6) is -0.827. The van der Waals surface area contributed by atoms with Crippen molar-refractivity contribution in [1.82, 2.24) is 4.57 Å². The van der Waals surface area contributed by atoms with E-state index in [-0.39, 0.29) is 12.1 Å². The van der Waals surface area contributed by atoms with E-state index in [4.69, 9.17) is 5.26 Å². The van der Waals surface area contributed by atoms with Crippen molar-refractivity contribution < 1.29 is 9.18 Å².